The molecule has 1 N–H and O–H groups in total. The Morgan fingerprint density at radius 2 is 1.25 bits per heavy atom. The highest BCUT2D eigenvalue weighted by molar-refractivity contribution is 7.06. The Bertz CT molecular complexity index is 255. The van der Waals surface area contributed by atoms with Gasteiger partial charge in [0.15, 0.2) is 0 Å². The van der Waals surface area contributed by atoms with Gasteiger partial charge in [0, 0.05) is 0 Å². The minimum Gasteiger partial charge on any atom is -0.392 e. The Labute approximate surface area is 134 Å². The van der Waals surface area contributed by atoms with Crippen molar-refractivity contribution in [3.63, 3.8) is 0 Å². The maximum absolute atomic E-state index is 10.8. The normalized spacial score (nSPS) is 15.4. The molecule has 1 nitrogen and oxygen atoms in total. The van der Waals surface area contributed by atoms with E-state index in [2.05, 4.69) is 46.2 Å². The first-order valence-electron chi connectivity index (χ1n) is 8.35. The SMILES string of the molecule is CCCCCCCCC(O)C(Cl)([Si](C)(C)C)[Si](C)(C)C. The van der Waals surface area contributed by atoms with E-state index in [9.17, 15) is 5.11 Å². The zero-order valence-corrected chi connectivity index (χ0v) is 17.6. The summed E-state index contributed by atoms with van der Waals surface area (Å²) in [5.74, 6) is 0. The molecular formula is C16H37ClOSi2. The Hall–Kier alpha value is 0.684. The highest BCUT2D eigenvalue weighted by atomic mass is 35.5. The molecule has 1 unspecified atom stereocenters. The summed E-state index contributed by atoms with van der Waals surface area (Å²) in [6.45, 7) is 16.1. The smallest absolute Gasteiger partial charge is 0.0684 e. The van der Waals surface area contributed by atoms with Gasteiger partial charge in [0.25, 0.3) is 0 Å². The standard InChI is InChI=1S/C16H37ClOSi2/c1-8-9-10-11-12-13-14-15(18)16(17,19(2,3)4)20(5,6)7/h15,18H,8-14H2,1-7H3. The molecule has 0 aliphatic heterocycles. The van der Waals surface area contributed by atoms with Crippen molar-refractivity contribution in [2.75, 3.05) is 0 Å². The van der Waals surface area contributed by atoms with Gasteiger partial charge < -0.3 is 5.11 Å². The second-order valence-corrected chi connectivity index (χ2v) is 20.6. The first kappa shape index (κ1) is 20.7. The lowest BCUT2D eigenvalue weighted by molar-refractivity contribution is 0.158. The third-order valence-corrected chi connectivity index (χ3v) is 17.7. The maximum atomic E-state index is 10.8. The molecule has 122 valence electrons. The molecule has 20 heavy (non-hydrogen) atoms. The van der Waals surface area contributed by atoms with Crippen LogP contribution in [0.2, 0.25) is 39.3 Å². The molecule has 0 aromatic carbocycles. The molecule has 0 fully saturated rings. The Balaban J connectivity index is 4.50. The first-order chi connectivity index (χ1) is 8.98. The Kier molecular flexibility index (Phi) is 8.64. The molecule has 4 heteroatoms. The molecule has 0 aliphatic carbocycles. The molecule has 0 heterocycles. The van der Waals surface area contributed by atoms with E-state index in [1.165, 1.54) is 32.1 Å². The van der Waals surface area contributed by atoms with Gasteiger partial charge in [-0.2, -0.15) is 0 Å². The lowest BCUT2D eigenvalue weighted by Crippen LogP contribution is -2.68. The third-order valence-electron chi connectivity index (χ3n) is 4.47. The van der Waals surface area contributed by atoms with Gasteiger partial charge >= 0.3 is 0 Å². The maximum Gasteiger partial charge on any atom is 0.0684 e. The number of unbranched alkanes of at least 4 members (excludes halogenated alkanes) is 5. The van der Waals surface area contributed by atoms with Crippen LogP contribution >= 0.6 is 11.6 Å². The first-order valence-corrected chi connectivity index (χ1v) is 15.7. The third kappa shape index (κ3) is 5.47. The molecule has 0 spiro atoms. The average Bonchev–Trinajstić information content (AvgIpc) is 2.29. The summed E-state index contributed by atoms with van der Waals surface area (Å²) in [4.78, 5) is 0. The van der Waals surface area contributed by atoms with Crippen LogP contribution in [0.5, 0.6) is 0 Å². The van der Waals surface area contributed by atoms with Crippen LogP contribution in [0.15, 0.2) is 0 Å². The van der Waals surface area contributed by atoms with E-state index < -0.39 is 16.1 Å². The fourth-order valence-electron chi connectivity index (χ4n) is 3.44. The minimum atomic E-state index is -1.61. The summed E-state index contributed by atoms with van der Waals surface area (Å²) in [6.07, 6.45) is 8.18. The number of alkyl halides is 1. The van der Waals surface area contributed by atoms with Crippen molar-refractivity contribution in [3.8, 4) is 0 Å². The van der Waals surface area contributed by atoms with Gasteiger partial charge in [-0.1, -0.05) is 84.7 Å². The van der Waals surface area contributed by atoms with Crippen LogP contribution in [0.1, 0.15) is 51.9 Å². The summed E-state index contributed by atoms with van der Waals surface area (Å²) in [5, 5.41) is 10.8. The van der Waals surface area contributed by atoms with Crippen molar-refractivity contribution in [2.24, 2.45) is 0 Å². The predicted molar refractivity (Wildman–Crippen MR) is 99.3 cm³/mol. The second-order valence-electron chi connectivity index (χ2n) is 8.28. The van der Waals surface area contributed by atoms with Crippen molar-refractivity contribution in [1.29, 1.82) is 0 Å². The van der Waals surface area contributed by atoms with Gasteiger partial charge in [-0.25, -0.2) is 0 Å². The van der Waals surface area contributed by atoms with Crippen molar-refractivity contribution >= 4 is 27.7 Å². The summed E-state index contributed by atoms with van der Waals surface area (Å²) < 4.78 is -0.316. The quantitative estimate of drug-likeness (QED) is 0.302. The van der Waals surface area contributed by atoms with Crippen molar-refractivity contribution in [3.05, 3.63) is 0 Å². The topological polar surface area (TPSA) is 20.2 Å². The second kappa shape index (κ2) is 8.35. The highest BCUT2D eigenvalue weighted by Crippen LogP contribution is 2.41. The highest BCUT2D eigenvalue weighted by Gasteiger charge is 2.55. The fourth-order valence-corrected chi connectivity index (χ4v) is 14.8. The predicted octanol–water partition coefficient (Wildman–Crippen LogP) is 5.83. The van der Waals surface area contributed by atoms with Gasteiger partial charge in [-0.05, 0) is 6.42 Å². The molecule has 0 amide bonds. The van der Waals surface area contributed by atoms with E-state index in [1.54, 1.807) is 0 Å². The lowest BCUT2D eigenvalue weighted by atomic mass is 10.1. The van der Waals surface area contributed by atoms with Crippen LogP contribution in [-0.4, -0.2) is 31.5 Å². The molecule has 0 rings (SSSR count). The number of hydrogen-bond acceptors (Lipinski definition) is 1. The van der Waals surface area contributed by atoms with Gasteiger partial charge in [0.2, 0.25) is 0 Å². The van der Waals surface area contributed by atoms with E-state index in [0.717, 1.165) is 12.8 Å². The zero-order chi connectivity index (χ0) is 16.0. The number of halogens is 1. The molecular weight excluding hydrogens is 300 g/mol. The molecule has 0 aromatic rings. The van der Waals surface area contributed by atoms with Crippen LogP contribution < -0.4 is 0 Å². The molecule has 1 atom stereocenters. The van der Waals surface area contributed by atoms with E-state index in [4.69, 9.17) is 11.6 Å². The Morgan fingerprint density at radius 1 is 0.850 bits per heavy atom. The minimum absolute atomic E-state index is 0.316. The largest absolute Gasteiger partial charge is 0.392 e. The van der Waals surface area contributed by atoms with Crippen LogP contribution in [-0.2, 0) is 0 Å². The van der Waals surface area contributed by atoms with Crippen molar-refractivity contribution < 1.29 is 5.11 Å². The van der Waals surface area contributed by atoms with E-state index >= 15 is 0 Å². The number of aliphatic hydroxyl groups excluding tert-OH is 1. The Morgan fingerprint density at radius 3 is 1.65 bits per heavy atom. The molecule has 0 aromatic heterocycles. The number of hydrogen-bond donors (Lipinski definition) is 1. The van der Waals surface area contributed by atoms with Crippen molar-refractivity contribution in [1.82, 2.24) is 0 Å². The van der Waals surface area contributed by atoms with Gasteiger partial charge in [-0.3, -0.25) is 0 Å². The average molecular weight is 337 g/mol. The molecule has 0 aliphatic rings. The van der Waals surface area contributed by atoms with Crippen LogP contribution in [0.25, 0.3) is 0 Å². The zero-order valence-electron chi connectivity index (χ0n) is 14.9. The van der Waals surface area contributed by atoms with E-state index in [-0.39, 0.29) is 10.2 Å². The van der Waals surface area contributed by atoms with Crippen LogP contribution in [0, 0.1) is 0 Å². The monoisotopic (exact) mass is 336 g/mol. The summed E-state index contributed by atoms with van der Waals surface area (Å²) in [7, 11) is -3.23. The summed E-state index contributed by atoms with van der Waals surface area (Å²) in [6, 6.07) is 0. The summed E-state index contributed by atoms with van der Waals surface area (Å²) >= 11 is 7.08. The molecule has 0 saturated carbocycles. The van der Waals surface area contributed by atoms with Gasteiger partial charge in [0.05, 0.1) is 26.4 Å². The van der Waals surface area contributed by atoms with E-state index in [1.807, 2.05) is 0 Å². The van der Waals surface area contributed by atoms with Crippen LogP contribution in [0.4, 0.5) is 0 Å². The molecule has 0 bridgehead atoms. The summed E-state index contributed by atoms with van der Waals surface area (Å²) in [5.41, 5.74) is 0. The number of aliphatic hydroxyl groups is 1. The van der Waals surface area contributed by atoms with Gasteiger partial charge in [0.1, 0.15) is 0 Å². The number of rotatable bonds is 10. The van der Waals surface area contributed by atoms with E-state index in [0.29, 0.717) is 0 Å². The van der Waals surface area contributed by atoms with Crippen LogP contribution in [0.3, 0.4) is 0 Å². The molecule has 0 saturated heterocycles. The van der Waals surface area contributed by atoms with Crippen molar-refractivity contribution in [2.45, 2.75) is 101 Å². The molecule has 0 radical (unpaired) electrons. The lowest BCUT2D eigenvalue weighted by Gasteiger charge is -2.50. The van der Waals surface area contributed by atoms with Gasteiger partial charge in [-0.15, -0.1) is 11.6 Å². The fraction of sp³-hybridized carbons (Fsp3) is 1.00.